The maximum atomic E-state index is 9.99. The molecule has 0 saturated carbocycles. The zero-order chi connectivity index (χ0) is 11.9. The number of amides is 1. The summed E-state index contributed by atoms with van der Waals surface area (Å²) in [5.41, 5.74) is 9.57. The average molecular weight is 228 g/mol. The third-order valence-electron chi connectivity index (χ3n) is 0.738. The van der Waals surface area contributed by atoms with Crippen LogP contribution >= 0.6 is 0 Å². The van der Waals surface area contributed by atoms with E-state index in [-0.39, 0.29) is 6.42 Å². The van der Waals surface area contributed by atoms with Gasteiger partial charge in [0.15, 0.2) is 0 Å². The van der Waals surface area contributed by atoms with Crippen molar-refractivity contribution < 1.29 is 27.7 Å². The zero-order valence-electron chi connectivity index (χ0n) is 7.37. The van der Waals surface area contributed by atoms with Crippen LogP contribution in [0.5, 0.6) is 0 Å². The number of carbonyl (C=O) groups is 2. The van der Waals surface area contributed by atoms with E-state index >= 15 is 0 Å². The van der Waals surface area contributed by atoms with E-state index in [2.05, 4.69) is 5.73 Å². The molecule has 1 amide bonds. The van der Waals surface area contributed by atoms with Crippen molar-refractivity contribution in [2.24, 2.45) is 11.5 Å². The summed E-state index contributed by atoms with van der Waals surface area (Å²) in [5, 5.41) is 8.10. The first-order valence-corrected chi connectivity index (χ1v) is 5.08. The molecule has 0 aliphatic heterocycles. The van der Waals surface area contributed by atoms with Crippen molar-refractivity contribution in [2.75, 3.05) is 6.26 Å². The Morgan fingerprint density at radius 3 is 1.79 bits per heavy atom. The fourth-order valence-electron chi connectivity index (χ4n) is 0.304. The van der Waals surface area contributed by atoms with E-state index in [0.29, 0.717) is 6.26 Å². The van der Waals surface area contributed by atoms with Gasteiger partial charge in [-0.25, -0.2) is 0 Å². The van der Waals surface area contributed by atoms with Gasteiger partial charge >= 0.3 is 5.97 Å². The minimum Gasteiger partial charge on any atom is -0.480 e. The lowest BCUT2D eigenvalue weighted by Crippen LogP contribution is -2.34. The van der Waals surface area contributed by atoms with Crippen molar-refractivity contribution in [2.45, 2.75) is 12.5 Å². The van der Waals surface area contributed by atoms with Crippen molar-refractivity contribution in [3.05, 3.63) is 0 Å². The quantitative estimate of drug-likeness (QED) is 0.397. The summed E-state index contributed by atoms with van der Waals surface area (Å²) < 4.78 is 25.9. The second-order valence-corrected chi connectivity index (χ2v) is 3.81. The molecule has 8 nitrogen and oxygen atoms in total. The molecule has 6 N–H and O–H groups in total. The maximum absolute atomic E-state index is 9.99. The number of carboxylic acids is 1. The van der Waals surface area contributed by atoms with Crippen molar-refractivity contribution in [1.29, 1.82) is 0 Å². The fraction of sp³-hybridized carbons (Fsp3) is 0.600. The smallest absolute Gasteiger partial charge is 0.321 e. The molecule has 84 valence electrons. The van der Waals surface area contributed by atoms with Crippen molar-refractivity contribution in [1.82, 2.24) is 0 Å². The SMILES string of the molecule is CS(=O)(=O)O.NC(=O)CC(N)C(=O)O. The summed E-state index contributed by atoms with van der Waals surface area (Å²) in [5.74, 6) is -1.92. The lowest BCUT2D eigenvalue weighted by atomic mass is 10.2. The number of hydrogen-bond acceptors (Lipinski definition) is 5. The molecule has 14 heavy (non-hydrogen) atoms. The predicted molar refractivity (Wildman–Crippen MR) is 46.9 cm³/mol. The van der Waals surface area contributed by atoms with Crippen molar-refractivity contribution >= 4 is 22.0 Å². The maximum Gasteiger partial charge on any atom is 0.321 e. The normalized spacial score (nSPS) is 12.2. The van der Waals surface area contributed by atoms with Crippen LogP contribution in [0.2, 0.25) is 0 Å². The van der Waals surface area contributed by atoms with Gasteiger partial charge in [0.2, 0.25) is 5.91 Å². The van der Waals surface area contributed by atoms with Crippen LogP contribution in [0, 0.1) is 0 Å². The lowest BCUT2D eigenvalue weighted by Gasteiger charge is -1.99. The van der Waals surface area contributed by atoms with Crippen LogP contribution in [-0.4, -0.2) is 42.3 Å². The summed E-state index contributed by atoms with van der Waals surface area (Å²) in [7, 11) is -3.67. The molecule has 0 radical (unpaired) electrons. The Kier molecular flexibility index (Phi) is 6.87. The Bertz CT molecular complexity index is 289. The Labute approximate surface area is 80.6 Å². The second-order valence-electron chi connectivity index (χ2n) is 2.35. The van der Waals surface area contributed by atoms with E-state index in [9.17, 15) is 18.0 Å². The number of carboxylic acid groups (broad SMARTS) is 1. The molecule has 0 fully saturated rings. The summed E-state index contributed by atoms with van der Waals surface area (Å²) >= 11 is 0. The van der Waals surface area contributed by atoms with Crippen LogP contribution in [0.4, 0.5) is 0 Å². The molecule has 9 heteroatoms. The molecule has 0 aliphatic rings. The van der Waals surface area contributed by atoms with Gasteiger partial charge in [-0.05, 0) is 0 Å². The van der Waals surface area contributed by atoms with Gasteiger partial charge < -0.3 is 16.6 Å². The summed E-state index contributed by atoms with van der Waals surface area (Å²) in [6, 6.07) is -1.16. The first-order valence-electron chi connectivity index (χ1n) is 3.23. The summed E-state index contributed by atoms with van der Waals surface area (Å²) in [6.07, 6.45) is 0.405. The average Bonchev–Trinajstić information content (AvgIpc) is 1.80. The largest absolute Gasteiger partial charge is 0.480 e. The summed E-state index contributed by atoms with van der Waals surface area (Å²) in [6.45, 7) is 0. The van der Waals surface area contributed by atoms with Gasteiger partial charge in [-0.1, -0.05) is 0 Å². The van der Waals surface area contributed by atoms with Gasteiger partial charge in [-0.15, -0.1) is 0 Å². The molecule has 0 bridgehead atoms. The van der Waals surface area contributed by atoms with E-state index in [1.807, 2.05) is 0 Å². The Morgan fingerprint density at radius 1 is 1.43 bits per heavy atom. The number of nitrogens with two attached hydrogens (primary N) is 2. The van der Waals surface area contributed by atoms with E-state index in [1.54, 1.807) is 0 Å². The van der Waals surface area contributed by atoms with E-state index in [0.717, 1.165) is 0 Å². The molecule has 1 atom stereocenters. The van der Waals surface area contributed by atoms with Crippen LogP contribution < -0.4 is 11.5 Å². The van der Waals surface area contributed by atoms with E-state index < -0.39 is 28.0 Å². The highest BCUT2D eigenvalue weighted by Gasteiger charge is 2.13. The fourth-order valence-corrected chi connectivity index (χ4v) is 0.304. The molecular weight excluding hydrogens is 216 g/mol. The van der Waals surface area contributed by atoms with Gasteiger partial charge in [0, 0.05) is 0 Å². The number of hydrogen-bond donors (Lipinski definition) is 4. The standard InChI is InChI=1S/C4H8N2O3.CH4O3S/c5-2(4(8)9)1-3(6)7;1-5(2,3)4/h2H,1,5H2,(H2,6,7)(H,8,9);1H3,(H,2,3,4). The third kappa shape index (κ3) is 22.4. The molecular formula is C5H12N2O6S. The zero-order valence-corrected chi connectivity index (χ0v) is 8.19. The van der Waals surface area contributed by atoms with Gasteiger partial charge in [0.25, 0.3) is 10.1 Å². The first kappa shape index (κ1) is 15.3. The minimum atomic E-state index is -3.67. The predicted octanol–water partition coefficient (Wildman–Crippen LogP) is -2.22. The number of aliphatic carboxylic acids is 1. The van der Waals surface area contributed by atoms with Gasteiger partial charge in [0.1, 0.15) is 6.04 Å². The molecule has 0 saturated heterocycles. The van der Waals surface area contributed by atoms with Gasteiger partial charge in [-0.3, -0.25) is 14.1 Å². The van der Waals surface area contributed by atoms with Crippen LogP contribution in [0.1, 0.15) is 6.42 Å². The third-order valence-corrected chi connectivity index (χ3v) is 0.738. The first-order chi connectivity index (χ1) is 6.04. The Hall–Kier alpha value is -1.19. The minimum absolute atomic E-state index is 0.310. The lowest BCUT2D eigenvalue weighted by molar-refractivity contribution is -0.140. The summed E-state index contributed by atoms with van der Waals surface area (Å²) in [4.78, 5) is 19.9. The highest BCUT2D eigenvalue weighted by Crippen LogP contribution is 1.84. The Morgan fingerprint density at radius 2 is 1.71 bits per heavy atom. The molecule has 0 spiro atoms. The Balaban J connectivity index is 0. The number of carbonyl (C=O) groups excluding carboxylic acids is 1. The van der Waals surface area contributed by atoms with Crippen LogP contribution in [0.25, 0.3) is 0 Å². The highest BCUT2D eigenvalue weighted by molar-refractivity contribution is 7.85. The molecule has 0 aliphatic carbocycles. The highest BCUT2D eigenvalue weighted by atomic mass is 32.2. The molecule has 0 rings (SSSR count). The molecule has 0 aromatic carbocycles. The molecule has 0 aromatic heterocycles. The van der Waals surface area contributed by atoms with Crippen LogP contribution in [-0.2, 0) is 19.7 Å². The van der Waals surface area contributed by atoms with Crippen LogP contribution in [0.3, 0.4) is 0 Å². The number of primary amides is 1. The van der Waals surface area contributed by atoms with E-state index in [4.69, 9.17) is 15.4 Å². The number of rotatable bonds is 3. The molecule has 0 heterocycles. The second kappa shape index (κ2) is 6.29. The van der Waals surface area contributed by atoms with Crippen molar-refractivity contribution in [3.63, 3.8) is 0 Å². The van der Waals surface area contributed by atoms with Gasteiger partial charge in [-0.2, -0.15) is 8.42 Å². The van der Waals surface area contributed by atoms with E-state index in [1.165, 1.54) is 0 Å². The van der Waals surface area contributed by atoms with Gasteiger partial charge in [0.05, 0.1) is 12.7 Å². The monoisotopic (exact) mass is 228 g/mol. The molecule has 1 unspecified atom stereocenters. The molecule has 0 aromatic rings. The van der Waals surface area contributed by atoms with Crippen LogP contribution in [0.15, 0.2) is 0 Å². The topological polar surface area (TPSA) is 161 Å². The van der Waals surface area contributed by atoms with Crippen molar-refractivity contribution in [3.8, 4) is 0 Å².